The number of carbonyl (C=O) groups excluding carboxylic acids is 1. The van der Waals surface area contributed by atoms with Crippen LogP contribution in [0.4, 0.5) is 0 Å². The fourth-order valence-corrected chi connectivity index (χ4v) is 2.90. The number of benzene rings is 2. The number of furan rings is 1. The monoisotopic (exact) mass is 343 g/mol. The molecule has 0 saturated heterocycles. The summed E-state index contributed by atoms with van der Waals surface area (Å²) in [5.74, 6) is -0.182. The van der Waals surface area contributed by atoms with Crippen molar-refractivity contribution in [2.75, 3.05) is 0 Å². The lowest BCUT2D eigenvalue weighted by molar-refractivity contribution is 0.0699. The quantitative estimate of drug-likeness (QED) is 0.545. The summed E-state index contributed by atoms with van der Waals surface area (Å²) in [6.07, 6.45) is 0.650. The molecule has 2 aromatic carbocycles. The van der Waals surface area contributed by atoms with Crippen LogP contribution >= 0.6 is 0 Å². The predicted molar refractivity (Wildman–Crippen MR) is 97.2 cm³/mol. The number of para-hydroxylation sites is 1. The number of carboxylic acid groups (broad SMARTS) is 1. The summed E-state index contributed by atoms with van der Waals surface area (Å²) in [5.41, 5.74) is 2.93. The van der Waals surface area contributed by atoms with Crippen molar-refractivity contribution in [1.82, 2.24) is 4.98 Å². The van der Waals surface area contributed by atoms with Gasteiger partial charge in [-0.05, 0) is 30.3 Å². The Morgan fingerprint density at radius 1 is 0.962 bits per heavy atom. The van der Waals surface area contributed by atoms with Crippen molar-refractivity contribution in [3.8, 4) is 22.6 Å². The van der Waals surface area contributed by atoms with Gasteiger partial charge >= 0.3 is 5.97 Å². The molecule has 4 rings (SSSR count). The molecule has 2 heterocycles. The van der Waals surface area contributed by atoms with Crippen LogP contribution in [0.2, 0.25) is 0 Å². The third kappa shape index (κ3) is 2.75. The van der Waals surface area contributed by atoms with Gasteiger partial charge in [0.05, 0.1) is 16.8 Å². The maximum atomic E-state index is 11.6. The van der Waals surface area contributed by atoms with E-state index in [-0.39, 0.29) is 11.3 Å². The van der Waals surface area contributed by atoms with Crippen molar-refractivity contribution in [3.63, 3.8) is 0 Å². The molecule has 0 bridgehead atoms. The normalized spacial score (nSPS) is 10.8. The Morgan fingerprint density at radius 3 is 2.54 bits per heavy atom. The summed E-state index contributed by atoms with van der Waals surface area (Å²) >= 11 is 0. The molecule has 0 aliphatic rings. The van der Waals surface area contributed by atoms with Crippen LogP contribution in [0.1, 0.15) is 20.9 Å². The molecule has 0 radical (unpaired) electrons. The third-order valence-corrected chi connectivity index (χ3v) is 4.13. The first kappa shape index (κ1) is 15.8. The summed E-state index contributed by atoms with van der Waals surface area (Å²) < 4.78 is 5.46. The van der Waals surface area contributed by atoms with Crippen molar-refractivity contribution in [2.45, 2.75) is 0 Å². The Morgan fingerprint density at radius 2 is 1.77 bits per heavy atom. The number of carbonyl (C=O) groups is 2. The molecule has 2 aromatic heterocycles. The lowest BCUT2D eigenvalue weighted by Crippen LogP contribution is -2.00. The molecular weight excluding hydrogens is 330 g/mol. The topological polar surface area (TPSA) is 80.4 Å². The fourth-order valence-electron chi connectivity index (χ4n) is 2.90. The highest BCUT2D eigenvalue weighted by molar-refractivity contribution is 6.03. The molecule has 0 saturated carbocycles. The second-order valence-corrected chi connectivity index (χ2v) is 5.78. The van der Waals surface area contributed by atoms with Crippen LogP contribution in [0.25, 0.3) is 33.5 Å². The van der Waals surface area contributed by atoms with E-state index in [9.17, 15) is 14.7 Å². The molecule has 1 N–H and O–H groups in total. The summed E-state index contributed by atoms with van der Waals surface area (Å²) in [6, 6.07) is 19.5. The summed E-state index contributed by atoms with van der Waals surface area (Å²) in [7, 11) is 0. The molecule has 0 aliphatic carbocycles. The largest absolute Gasteiger partial charge is 0.478 e. The number of fused-ring (bicyclic) bond motifs is 1. The molecule has 0 spiro atoms. The number of aromatic nitrogens is 1. The van der Waals surface area contributed by atoms with E-state index in [4.69, 9.17) is 4.42 Å². The fraction of sp³-hybridized carbons (Fsp3) is 0. The van der Waals surface area contributed by atoms with Gasteiger partial charge < -0.3 is 9.52 Å². The molecule has 5 heteroatoms. The van der Waals surface area contributed by atoms with Crippen LogP contribution in [0.3, 0.4) is 0 Å². The van der Waals surface area contributed by atoms with E-state index in [1.54, 1.807) is 36.4 Å². The van der Waals surface area contributed by atoms with Crippen LogP contribution in [-0.2, 0) is 0 Å². The van der Waals surface area contributed by atoms with E-state index < -0.39 is 5.97 Å². The van der Waals surface area contributed by atoms with E-state index in [1.807, 2.05) is 30.3 Å². The lowest BCUT2D eigenvalue weighted by Gasteiger charge is -2.08. The first-order valence-electron chi connectivity index (χ1n) is 7.94. The summed E-state index contributed by atoms with van der Waals surface area (Å²) in [4.78, 5) is 27.0. The van der Waals surface area contributed by atoms with E-state index in [1.165, 1.54) is 0 Å². The average molecular weight is 343 g/mol. The predicted octanol–water partition coefficient (Wildman–Crippen LogP) is 4.67. The van der Waals surface area contributed by atoms with Crippen LogP contribution in [0.15, 0.2) is 71.1 Å². The molecule has 5 nitrogen and oxygen atoms in total. The van der Waals surface area contributed by atoms with Gasteiger partial charge in [0.2, 0.25) is 0 Å². The smallest absolute Gasteiger partial charge is 0.336 e. The van der Waals surface area contributed by atoms with E-state index in [2.05, 4.69) is 4.98 Å². The zero-order valence-electron chi connectivity index (χ0n) is 13.5. The average Bonchev–Trinajstić information content (AvgIpc) is 3.16. The van der Waals surface area contributed by atoms with E-state index in [0.717, 1.165) is 11.1 Å². The molecule has 0 amide bonds. The second-order valence-electron chi connectivity index (χ2n) is 5.78. The molecular formula is C21H13NO4. The SMILES string of the molecule is O=Cc1ccc(-c2cccc(-c3cc(C(=O)O)c4ccccc4n3)c2)o1. The van der Waals surface area contributed by atoms with Crippen LogP contribution in [-0.4, -0.2) is 22.3 Å². The number of hydrogen-bond donors (Lipinski definition) is 1. The zero-order chi connectivity index (χ0) is 18.1. The Bertz CT molecular complexity index is 1140. The molecule has 126 valence electrons. The van der Waals surface area contributed by atoms with Gasteiger partial charge in [0.1, 0.15) is 5.76 Å². The number of carboxylic acids is 1. The number of rotatable bonds is 4. The van der Waals surface area contributed by atoms with E-state index >= 15 is 0 Å². The highest BCUT2D eigenvalue weighted by Gasteiger charge is 2.13. The van der Waals surface area contributed by atoms with Gasteiger partial charge in [0, 0.05) is 16.5 Å². The number of aromatic carboxylic acids is 1. The standard InChI is InChI=1S/C21H13NO4/c23-12-15-8-9-20(26-15)14-5-3-4-13(10-14)19-11-17(21(24)25)16-6-1-2-7-18(16)22-19/h1-12H,(H,24,25). The first-order chi connectivity index (χ1) is 12.7. The molecule has 0 aliphatic heterocycles. The summed E-state index contributed by atoms with van der Waals surface area (Å²) in [5, 5.41) is 10.1. The molecule has 0 unspecified atom stereocenters. The van der Waals surface area contributed by atoms with Gasteiger partial charge in [0.25, 0.3) is 0 Å². The van der Waals surface area contributed by atoms with Crippen molar-refractivity contribution < 1.29 is 19.1 Å². The minimum Gasteiger partial charge on any atom is -0.478 e. The maximum absolute atomic E-state index is 11.6. The van der Waals surface area contributed by atoms with Crippen molar-refractivity contribution >= 4 is 23.2 Å². The van der Waals surface area contributed by atoms with Crippen LogP contribution < -0.4 is 0 Å². The minimum absolute atomic E-state index is 0.206. The van der Waals surface area contributed by atoms with Gasteiger partial charge in [-0.3, -0.25) is 4.79 Å². The lowest BCUT2D eigenvalue weighted by atomic mass is 10.0. The number of pyridine rings is 1. The number of nitrogens with zero attached hydrogens (tertiary/aromatic N) is 1. The van der Waals surface area contributed by atoms with Gasteiger partial charge in [-0.15, -0.1) is 0 Å². The van der Waals surface area contributed by atoms with Gasteiger partial charge in [0.15, 0.2) is 12.0 Å². The van der Waals surface area contributed by atoms with Crippen LogP contribution in [0.5, 0.6) is 0 Å². The maximum Gasteiger partial charge on any atom is 0.336 e. The van der Waals surface area contributed by atoms with Crippen LogP contribution in [0, 0.1) is 0 Å². The Labute approximate surface area is 148 Å². The first-order valence-corrected chi connectivity index (χ1v) is 7.94. The highest BCUT2D eigenvalue weighted by Crippen LogP contribution is 2.29. The Balaban J connectivity index is 1.86. The Kier molecular flexibility index (Phi) is 3.82. The number of hydrogen-bond acceptors (Lipinski definition) is 4. The Hall–Kier alpha value is -3.73. The second kappa shape index (κ2) is 6.29. The molecule has 4 aromatic rings. The molecule has 26 heavy (non-hydrogen) atoms. The van der Waals surface area contributed by atoms with Gasteiger partial charge in [-0.1, -0.05) is 36.4 Å². The molecule has 0 fully saturated rings. The minimum atomic E-state index is -0.998. The highest BCUT2D eigenvalue weighted by atomic mass is 16.4. The van der Waals surface area contributed by atoms with Gasteiger partial charge in [-0.25, -0.2) is 9.78 Å². The van der Waals surface area contributed by atoms with Gasteiger partial charge in [-0.2, -0.15) is 0 Å². The van der Waals surface area contributed by atoms with Crippen molar-refractivity contribution in [3.05, 3.63) is 78.1 Å². The number of aldehydes is 1. The molecule has 0 atom stereocenters. The summed E-state index contributed by atoms with van der Waals surface area (Å²) in [6.45, 7) is 0. The van der Waals surface area contributed by atoms with Crippen molar-refractivity contribution in [2.24, 2.45) is 0 Å². The van der Waals surface area contributed by atoms with Crippen molar-refractivity contribution in [1.29, 1.82) is 0 Å². The van der Waals surface area contributed by atoms with E-state index in [0.29, 0.717) is 28.6 Å². The zero-order valence-corrected chi connectivity index (χ0v) is 13.5. The third-order valence-electron chi connectivity index (χ3n) is 4.13.